The molecule has 0 fully saturated rings. The third-order valence-corrected chi connectivity index (χ3v) is 12.2. The van der Waals surface area contributed by atoms with E-state index in [2.05, 4.69) is 115 Å². The van der Waals surface area contributed by atoms with Gasteiger partial charge < -0.3 is 0 Å². The topological polar surface area (TPSA) is 38.7 Å². The minimum atomic E-state index is 0.659. The van der Waals surface area contributed by atoms with Crippen molar-refractivity contribution in [2.45, 2.75) is 12.8 Å². The van der Waals surface area contributed by atoms with Gasteiger partial charge in [-0.25, -0.2) is 15.0 Å². The highest BCUT2D eigenvalue weighted by Gasteiger charge is 2.23. The second kappa shape index (κ2) is 13.0. The molecular weight excluding hydrogens is 687 g/mol. The number of nitrogens with zero attached hydrogens (tertiary/aromatic N) is 3. The predicted octanol–water partition coefficient (Wildman–Crippen LogP) is 13.6. The molecule has 0 saturated heterocycles. The second-order valence-corrected chi connectivity index (χ2v) is 15.3. The molecule has 55 heavy (non-hydrogen) atoms. The van der Waals surface area contributed by atoms with E-state index in [-0.39, 0.29) is 0 Å². The molecule has 4 heteroatoms. The normalized spacial score (nSPS) is 12.7. The van der Waals surface area contributed by atoms with Gasteiger partial charge in [-0.2, -0.15) is 0 Å². The minimum absolute atomic E-state index is 0.659. The van der Waals surface area contributed by atoms with Gasteiger partial charge in [0.1, 0.15) is 0 Å². The minimum Gasteiger partial charge on any atom is -0.208 e. The van der Waals surface area contributed by atoms with Gasteiger partial charge in [-0.05, 0) is 79.6 Å². The molecular formula is C51H33N3S. The van der Waals surface area contributed by atoms with E-state index < -0.39 is 0 Å². The number of hydrogen-bond donors (Lipinski definition) is 0. The molecule has 0 saturated carbocycles. The van der Waals surface area contributed by atoms with Crippen LogP contribution in [0, 0.1) is 0 Å². The van der Waals surface area contributed by atoms with Gasteiger partial charge in [0.05, 0.1) is 0 Å². The molecule has 0 radical (unpaired) electrons. The number of hydrogen-bond acceptors (Lipinski definition) is 4. The van der Waals surface area contributed by atoms with Crippen LogP contribution >= 0.6 is 11.3 Å². The van der Waals surface area contributed by atoms with E-state index in [1.165, 1.54) is 75.1 Å². The van der Waals surface area contributed by atoms with E-state index >= 15 is 0 Å². The lowest BCUT2D eigenvalue weighted by Crippen LogP contribution is -2.00. The molecule has 0 spiro atoms. The van der Waals surface area contributed by atoms with E-state index in [1.54, 1.807) is 0 Å². The first-order chi connectivity index (χ1) is 27.3. The molecule has 1 aliphatic rings. The lowest BCUT2D eigenvalue weighted by atomic mass is 9.85. The van der Waals surface area contributed by atoms with Crippen molar-refractivity contribution in [3.8, 4) is 45.3 Å². The maximum atomic E-state index is 4.97. The number of benzene rings is 8. The number of aromatic nitrogens is 3. The van der Waals surface area contributed by atoms with Gasteiger partial charge in [0.25, 0.3) is 0 Å². The maximum absolute atomic E-state index is 4.97. The molecule has 1 aliphatic carbocycles. The third-order valence-electron chi connectivity index (χ3n) is 11.0. The molecule has 0 bridgehead atoms. The Labute approximate surface area is 323 Å². The third kappa shape index (κ3) is 5.37. The fraction of sp³-hybridized carbons (Fsp3) is 0.0392. The monoisotopic (exact) mass is 719 g/mol. The Morgan fingerprint density at radius 3 is 1.49 bits per heavy atom. The molecule has 0 amide bonds. The summed E-state index contributed by atoms with van der Waals surface area (Å²) in [5, 5.41) is 9.16. The van der Waals surface area contributed by atoms with Crippen LogP contribution in [0.1, 0.15) is 22.4 Å². The summed E-state index contributed by atoms with van der Waals surface area (Å²) < 4.78 is 1.33. The van der Waals surface area contributed by atoms with Crippen molar-refractivity contribution in [3.63, 3.8) is 0 Å². The van der Waals surface area contributed by atoms with E-state index in [9.17, 15) is 0 Å². The Morgan fingerprint density at radius 1 is 0.400 bits per heavy atom. The van der Waals surface area contributed by atoms with Gasteiger partial charge in [0, 0.05) is 37.2 Å². The van der Waals surface area contributed by atoms with Crippen LogP contribution in [0.3, 0.4) is 0 Å². The van der Waals surface area contributed by atoms with Crippen molar-refractivity contribution < 1.29 is 0 Å². The zero-order valence-electron chi connectivity index (χ0n) is 29.9. The number of thiophene rings is 1. The Balaban J connectivity index is 1.03. The number of fused-ring (bicyclic) bond motifs is 9. The Bertz CT molecular complexity index is 3030. The SMILES string of the molecule is C1=C(c2ccc3c4ccccc4c4ccccc4c3c2)c2c(sc3cccc(-c4ccc(-c5nc(-c6ccccc6)nc(-c6ccccc6)n5)cc4)c23)CC1. The smallest absolute Gasteiger partial charge is 0.164 e. The maximum Gasteiger partial charge on any atom is 0.164 e. The number of allylic oxidation sites excluding steroid dienone is 1. The molecule has 10 aromatic rings. The standard InChI is InChI=1S/C51H33N3S/c1-3-13-33(14-4-1)49-52-50(34-15-5-2-6-16-34)54-51(53-49)35-27-25-32(26-28-35)37-21-11-23-45-47(37)48-38(22-12-24-46(48)55-45)36-29-30-43-41-19-8-7-17-39(41)40-18-9-10-20-42(40)44(43)31-36/h1-11,13-23,25-31H,12,24H2. The molecule has 0 N–H and O–H groups in total. The Morgan fingerprint density at radius 2 is 0.891 bits per heavy atom. The summed E-state index contributed by atoms with van der Waals surface area (Å²) in [6.45, 7) is 0. The molecule has 2 heterocycles. The van der Waals surface area contributed by atoms with Gasteiger partial charge in [0.15, 0.2) is 17.5 Å². The first kappa shape index (κ1) is 31.7. The highest BCUT2D eigenvalue weighted by Crippen LogP contribution is 2.47. The zero-order chi connectivity index (χ0) is 36.3. The van der Waals surface area contributed by atoms with Crippen LogP contribution in [0.5, 0.6) is 0 Å². The average Bonchev–Trinajstić information content (AvgIpc) is 3.66. The summed E-state index contributed by atoms with van der Waals surface area (Å²) in [6.07, 6.45) is 4.57. The quantitative estimate of drug-likeness (QED) is 0.166. The molecule has 2 aromatic heterocycles. The van der Waals surface area contributed by atoms with Crippen LogP contribution < -0.4 is 0 Å². The predicted molar refractivity (Wildman–Crippen MR) is 231 cm³/mol. The van der Waals surface area contributed by atoms with Gasteiger partial charge in [-0.15, -0.1) is 11.3 Å². The van der Waals surface area contributed by atoms with E-state index in [1.807, 2.05) is 72.0 Å². The van der Waals surface area contributed by atoms with Crippen molar-refractivity contribution in [2.75, 3.05) is 0 Å². The van der Waals surface area contributed by atoms with Crippen LogP contribution in [0.25, 0.3) is 93.3 Å². The Hall–Kier alpha value is -6.75. The van der Waals surface area contributed by atoms with Crippen molar-refractivity contribution in [3.05, 3.63) is 192 Å². The van der Waals surface area contributed by atoms with Crippen LogP contribution in [-0.4, -0.2) is 15.0 Å². The van der Waals surface area contributed by atoms with E-state index in [4.69, 9.17) is 15.0 Å². The first-order valence-electron chi connectivity index (χ1n) is 18.8. The summed E-state index contributed by atoms with van der Waals surface area (Å²) in [5.74, 6) is 1.99. The molecule has 8 aromatic carbocycles. The fourth-order valence-electron chi connectivity index (χ4n) is 8.42. The second-order valence-electron chi connectivity index (χ2n) is 14.2. The first-order valence-corrected chi connectivity index (χ1v) is 19.6. The molecule has 0 unspecified atom stereocenters. The summed E-state index contributed by atoms with van der Waals surface area (Å²) in [6, 6.07) is 60.6. The fourth-order valence-corrected chi connectivity index (χ4v) is 9.68. The number of aryl methyl sites for hydroxylation is 1. The van der Waals surface area contributed by atoms with E-state index in [0.29, 0.717) is 17.5 Å². The summed E-state index contributed by atoms with van der Waals surface area (Å²) in [5.41, 5.74) is 9.30. The average molecular weight is 720 g/mol. The van der Waals surface area contributed by atoms with Crippen molar-refractivity contribution >= 4 is 59.3 Å². The lowest BCUT2D eigenvalue weighted by molar-refractivity contribution is 1.01. The lowest BCUT2D eigenvalue weighted by Gasteiger charge is -2.18. The van der Waals surface area contributed by atoms with Crippen molar-refractivity contribution in [1.29, 1.82) is 0 Å². The highest BCUT2D eigenvalue weighted by atomic mass is 32.1. The molecule has 0 aliphatic heterocycles. The van der Waals surface area contributed by atoms with Crippen LogP contribution in [0.15, 0.2) is 176 Å². The summed E-state index contributed by atoms with van der Waals surface area (Å²) >= 11 is 1.95. The van der Waals surface area contributed by atoms with Crippen molar-refractivity contribution in [1.82, 2.24) is 15.0 Å². The van der Waals surface area contributed by atoms with Crippen LogP contribution in [-0.2, 0) is 6.42 Å². The highest BCUT2D eigenvalue weighted by molar-refractivity contribution is 7.19. The van der Waals surface area contributed by atoms with Gasteiger partial charge in [0.2, 0.25) is 0 Å². The van der Waals surface area contributed by atoms with Crippen molar-refractivity contribution in [2.24, 2.45) is 0 Å². The van der Waals surface area contributed by atoms with Gasteiger partial charge in [-0.3, -0.25) is 0 Å². The molecule has 258 valence electrons. The zero-order valence-corrected chi connectivity index (χ0v) is 30.7. The molecule has 3 nitrogen and oxygen atoms in total. The Kier molecular flexibility index (Phi) is 7.49. The van der Waals surface area contributed by atoms with Gasteiger partial charge >= 0.3 is 0 Å². The van der Waals surface area contributed by atoms with Gasteiger partial charge in [-0.1, -0.05) is 164 Å². The van der Waals surface area contributed by atoms with Crippen LogP contribution in [0.4, 0.5) is 0 Å². The van der Waals surface area contributed by atoms with E-state index in [0.717, 1.165) is 29.5 Å². The molecule has 0 atom stereocenters. The summed E-state index contributed by atoms with van der Waals surface area (Å²) in [7, 11) is 0. The number of rotatable bonds is 5. The van der Waals surface area contributed by atoms with Crippen LogP contribution in [0.2, 0.25) is 0 Å². The largest absolute Gasteiger partial charge is 0.208 e. The summed E-state index contributed by atoms with van der Waals surface area (Å²) in [4.78, 5) is 16.3. The molecule has 11 rings (SSSR count).